The van der Waals surface area contributed by atoms with Crippen molar-refractivity contribution in [2.24, 2.45) is 5.73 Å². The summed E-state index contributed by atoms with van der Waals surface area (Å²) in [5.74, 6) is 0. The van der Waals surface area contributed by atoms with E-state index in [1.165, 1.54) is 5.56 Å². The van der Waals surface area contributed by atoms with Gasteiger partial charge in [0.05, 0.1) is 12.2 Å². The molecule has 0 saturated heterocycles. The Kier molecular flexibility index (Phi) is 2.86. The van der Waals surface area contributed by atoms with Gasteiger partial charge in [0.2, 0.25) is 0 Å². The molecule has 0 heterocycles. The van der Waals surface area contributed by atoms with Crippen LogP contribution >= 0.6 is 0 Å². The highest BCUT2D eigenvalue weighted by molar-refractivity contribution is 5.96. The summed E-state index contributed by atoms with van der Waals surface area (Å²) in [6, 6.07) is 7.97. The van der Waals surface area contributed by atoms with E-state index in [-0.39, 0.29) is 6.04 Å². The Morgan fingerprint density at radius 1 is 1.00 bits per heavy atom. The van der Waals surface area contributed by atoms with Crippen LogP contribution < -0.4 is 5.73 Å². The molecule has 0 radical (unpaired) electrons. The molecule has 4 N–H and O–H groups in total. The van der Waals surface area contributed by atoms with Crippen LogP contribution in [-0.4, -0.2) is 10.2 Å². The molecule has 0 aromatic heterocycles. The van der Waals surface area contributed by atoms with Crippen LogP contribution in [0.3, 0.4) is 0 Å². The molecular weight excluding hydrogens is 238 g/mol. The van der Waals surface area contributed by atoms with Crippen molar-refractivity contribution in [2.75, 3.05) is 0 Å². The third-order valence-corrected chi connectivity index (χ3v) is 4.08. The highest BCUT2D eigenvalue weighted by atomic mass is 16.3. The SMILES string of the molecule is CC(O)c1ccc2c3c(ccc(C(C)O)c13)C(N)C2. The van der Waals surface area contributed by atoms with E-state index in [1.807, 2.05) is 24.3 Å². The van der Waals surface area contributed by atoms with E-state index >= 15 is 0 Å². The first-order valence-electron chi connectivity index (χ1n) is 6.70. The number of nitrogens with two attached hydrogens (primary N) is 1. The molecule has 0 fully saturated rings. The van der Waals surface area contributed by atoms with Crippen LogP contribution in [0.2, 0.25) is 0 Å². The average Bonchev–Trinajstić information content (AvgIpc) is 2.67. The van der Waals surface area contributed by atoms with Gasteiger partial charge in [0.1, 0.15) is 0 Å². The van der Waals surface area contributed by atoms with Gasteiger partial charge < -0.3 is 15.9 Å². The third-order valence-electron chi connectivity index (χ3n) is 4.08. The lowest BCUT2D eigenvalue weighted by Crippen LogP contribution is -2.07. The highest BCUT2D eigenvalue weighted by Crippen LogP contribution is 2.41. The Bertz CT molecular complexity index is 632. The lowest BCUT2D eigenvalue weighted by atomic mass is 9.91. The van der Waals surface area contributed by atoms with Crippen LogP contribution in [0.4, 0.5) is 0 Å². The van der Waals surface area contributed by atoms with Gasteiger partial charge in [0.15, 0.2) is 0 Å². The van der Waals surface area contributed by atoms with Gasteiger partial charge in [-0.15, -0.1) is 0 Å². The topological polar surface area (TPSA) is 66.5 Å². The standard InChI is InChI=1S/C16H19NO2/c1-8(18)11-4-3-10-7-14(17)13-6-5-12(9(2)19)16(11)15(10)13/h3-6,8-9,14,18-19H,7,17H2,1-2H3. The smallest absolute Gasteiger partial charge is 0.0768 e. The van der Waals surface area contributed by atoms with Crippen molar-refractivity contribution in [2.45, 2.75) is 38.5 Å². The van der Waals surface area contributed by atoms with Crippen LogP contribution in [0.5, 0.6) is 0 Å². The summed E-state index contributed by atoms with van der Waals surface area (Å²) in [4.78, 5) is 0. The van der Waals surface area contributed by atoms with Gasteiger partial charge in [-0.3, -0.25) is 0 Å². The maximum atomic E-state index is 9.98. The van der Waals surface area contributed by atoms with Gasteiger partial charge >= 0.3 is 0 Å². The number of aliphatic hydroxyl groups excluding tert-OH is 2. The molecule has 1 aliphatic rings. The fraction of sp³-hybridized carbons (Fsp3) is 0.375. The van der Waals surface area contributed by atoms with E-state index in [2.05, 4.69) is 0 Å². The number of benzene rings is 2. The lowest BCUT2D eigenvalue weighted by Gasteiger charge is -2.17. The van der Waals surface area contributed by atoms with Crippen molar-refractivity contribution in [1.29, 1.82) is 0 Å². The predicted molar refractivity (Wildman–Crippen MR) is 75.8 cm³/mol. The number of hydrogen-bond acceptors (Lipinski definition) is 3. The first-order chi connectivity index (χ1) is 9.00. The Morgan fingerprint density at radius 2 is 1.58 bits per heavy atom. The minimum absolute atomic E-state index is 0.0183. The maximum Gasteiger partial charge on any atom is 0.0768 e. The molecule has 0 saturated carbocycles. The fourth-order valence-corrected chi connectivity index (χ4v) is 3.17. The number of hydrogen-bond donors (Lipinski definition) is 3. The molecular formula is C16H19NO2. The van der Waals surface area contributed by atoms with Gasteiger partial charge in [-0.2, -0.15) is 0 Å². The van der Waals surface area contributed by atoms with Crippen molar-refractivity contribution >= 4 is 10.8 Å². The van der Waals surface area contributed by atoms with Crippen LogP contribution in [0.25, 0.3) is 10.8 Å². The Labute approximate surface area is 112 Å². The summed E-state index contributed by atoms with van der Waals surface area (Å²) in [7, 11) is 0. The molecule has 2 aromatic rings. The summed E-state index contributed by atoms with van der Waals surface area (Å²) < 4.78 is 0. The van der Waals surface area contributed by atoms with Crippen LogP contribution in [0, 0.1) is 0 Å². The number of aliphatic hydroxyl groups is 2. The predicted octanol–water partition coefficient (Wildman–Crippen LogP) is 2.50. The molecule has 3 heteroatoms. The molecule has 1 aliphatic carbocycles. The maximum absolute atomic E-state index is 9.98. The van der Waals surface area contributed by atoms with Crippen LogP contribution in [0.1, 0.15) is 54.4 Å². The van der Waals surface area contributed by atoms with Crippen molar-refractivity contribution < 1.29 is 10.2 Å². The highest BCUT2D eigenvalue weighted by Gasteiger charge is 2.25. The summed E-state index contributed by atoms with van der Waals surface area (Å²) >= 11 is 0. The second-order valence-electron chi connectivity index (χ2n) is 5.47. The van der Waals surface area contributed by atoms with Crippen LogP contribution in [0.15, 0.2) is 24.3 Å². The molecule has 0 bridgehead atoms. The quantitative estimate of drug-likeness (QED) is 0.774. The van der Waals surface area contributed by atoms with E-state index < -0.39 is 12.2 Å². The Morgan fingerprint density at radius 3 is 2.16 bits per heavy atom. The monoisotopic (exact) mass is 257 g/mol. The fourth-order valence-electron chi connectivity index (χ4n) is 3.17. The van der Waals surface area contributed by atoms with Gasteiger partial charge in [-0.05, 0) is 53.3 Å². The zero-order valence-electron chi connectivity index (χ0n) is 11.2. The van der Waals surface area contributed by atoms with Gasteiger partial charge in [0, 0.05) is 6.04 Å². The van der Waals surface area contributed by atoms with Gasteiger partial charge in [0.25, 0.3) is 0 Å². The van der Waals surface area contributed by atoms with Crippen molar-refractivity contribution in [3.63, 3.8) is 0 Å². The minimum Gasteiger partial charge on any atom is -0.389 e. The molecule has 3 rings (SSSR count). The van der Waals surface area contributed by atoms with Gasteiger partial charge in [-0.1, -0.05) is 24.3 Å². The largest absolute Gasteiger partial charge is 0.389 e. The molecule has 19 heavy (non-hydrogen) atoms. The van der Waals surface area contributed by atoms with Crippen molar-refractivity contribution in [1.82, 2.24) is 0 Å². The minimum atomic E-state index is -0.557. The van der Waals surface area contributed by atoms with E-state index in [9.17, 15) is 10.2 Å². The third kappa shape index (κ3) is 1.77. The summed E-state index contributed by atoms with van der Waals surface area (Å²) in [6.07, 6.45) is -0.285. The first kappa shape index (κ1) is 12.6. The van der Waals surface area contributed by atoms with E-state index in [0.717, 1.165) is 33.9 Å². The Balaban J connectivity index is 2.45. The van der Waals surface area contributed by atoms with Gasteiger partial charge in [-0.25, -0.2) is 0 Å². The normalized spacial score (nSPS) is 20.8. The number of rotatable bonds is 2. The van der Waals surface area contributed by atoms with E-state index in [1.54, 1.807) is 13.8 Å². The molecule has 3 atom stereocenters. The second-order valence-corrected chi connectivity index (χ2v) is 5.47. The molecule has 0 spiro atoms. The molecule has 3 nitrogen and oxygen atoms in total. The van der Waals surface area contributed by atoms with E-state index in [4.69, 9.17) is 5.73 Å². The summed E-state index contributed by atoms with van der Waals surface area (Å²) in [5.41, 5.74) is 10.2. The zero-order chi connectivity index (χ0) is 13.7. The molecule has 100 valence electrons. The Hall–Kier alpha value is -1.42. The van der Waals surface area contributed by atoms with E-state index in [0.29, 0.717) is 0 Å². The molecule has 0 amide bonds. The molecule has 0 aliphatic heterocycles. The zero-order valence-corrected chi connectivity index (χ0v) is 11.2. The van der Waals surface area contributed by atoms with Crippen molar-refractivity contribution in [3.05, 3.63) is 46.5 Å². The van der Waals surface area contributed by atoms with Crippen LogP contribution in [-0.2, 0) is 6.42 Å². The van der Waals surface area contributed by atoms with Crippen molar-refractivity contribution in [3.8, 4) is 0 Å². The first-order valence-corrected chi connectivity index (χ1v) is 6.70. The lowest BCUT2D eigenvalue weighted by molar-refractivity contribution is 0.196. The average molecular weight is 257 g/mol. The molecule has 3 unspecified atom stereocenters. The summed E-state index contributed by atoms with van der Waals surface area (Å²) in [5, 5.41) is 22.1. The second kappa shape index (κ2) is 4.30. The molecule has 2 aromatic carbocycles. The summed E-state index contributed by atoms with van der Waals surface area (Å²) in [6.45, 7) is 3.51.